The molecular formula is C13H26N2. The Labute approximate surface area is 94.0 Å². The van der Waals surface area contributed by atoms with Crippen LogP contribution in [0.2, 0.25) is 0 Å². The van der Waals surface area contributed by atoms with Crippen molar-refractivity contribution in [1.82, 2.24) is 5.32 Å². The molecule has 0 spiro atoms. The van der Waals surface area contributed by atoms with Crippen molar-refractivity contribution in [3.05, 3.63) is 0 Å². The predicted octanol–water partition coefficient (Wildman–Crippen LogP) is 2.28. The molecule has 15 heavy (non-hydrogen) atoms. The fraction of sp³-hybridized carbons (Fsp3) is 1.00. The van der Waals surface area contributed by atoms with Gasteiger partial charge in [0.2, 0.25) is 0 Å². The van der Waals surface area contributed by atoms with Crippen molar-refractivity contribution in [1.29, 1.82) is 0 Å². The Kier molecular flexibility index (Phi) is 3.09. The van der Waals surface area contributed by atoms with E-state index in [-0.39, 0.29) is 5.54 Å². The maximum Gasteiger partial charge on any atom is 0.0282 e. The van der Waals surface area contributed by atoms with Crippen molar-refractivity contribution in [2.45, 2.75) is 57.9 Å². The van der Waals surface area contributed by atoms with Crippen molar-refractivity contribution >= 4 is 0 Å². The van der Waals surface area contributed by atoms with Crippen LogP contribution in [0.25, 0.3) is 0 Å². The first-order chi connectivity index (χ1) is 7.02. The first-order valence-electron chi connectivity index (χ1n) is 6.52. The minimum absolute atomic E-state index is 0.158. The SMILES string of the molecule is CC(C)(CNCC1(N)CC1)C1CCCC1. The van der Waals surface area contributed by atoms with Crippen LogP contribution in [0.3, 0.4) is 0 Å². The van der Waals surface area contributed by atoms with Crippen molar-refractivity contribution in [2.24, 2.45) is 17.1 Å². The van der Waals surface area contributed by atoms with Gasteiger partial charge in [-0.25, -0.2) is 0 Å². The lowest BCUT2D eigenvalue weighted by molar-refractivity contribution is 0.206. The van der Waals surface area contributed by atoms with Crippen LogP contribution in [0.5, 0.6) is 0 Å². The van der Waals surface area contributed by atoms with E-state index in [1.54, 1.807) is 0 Å². The van der Waals surface area contributed by atoms with Crippen LogP contribution in [0.15, 0.2) is 0 Å². The summed E-state index contributed by atoms with van der Waals surface area (Å²) in [6, 6.07) is 0. The zero-order valence-electron chi connectivity index (χ0n) is 10.3. The van der Waals surface area contributed by atoms with Crippen LogP contribution in [0.1, 0.15) is 52.4 Å². The fourth-order valence-electron chi connectivity index (χ4n) is 2.82. The zero-order chi connectivity index (χ0) is 10.9. The molecule has 0 heterocycles. The summed E-state index contributed by atoms with van der Waals surface area (Å²) in [7, 11) is 0. The molecule has 2 aliphatic rings. The summed E-state index contributed by atoms with van der Waals surface area (Å²) in [5, 5.41) is 3.58. The number of rotatable bonds is 5. The van der Waals surface area contributed by atoms with Crippen LogP contribution >= 0.6 is 0 Å². The van der Waals surface area contributed by atoms with Gasteiger partial charge in [0.15, 0.2) is 0 Å². The lowest BCUT2D eigenvalue weighted by atomic mass is 9.77. The standard InChI is InChI=1S/C13H26N2/c1-12(2,11-5-3-4-6-11)9-15-10-13(14)7-8-13/h11,15H,3-10,14H2,1-2H3. The van der Waals surface area contributed by atoms with Crippen LogP contribution in [-0.4, -0.2) is 18.6 Å². The van der Waals surface area contributed by atoms with Gasteiger partial charge in [-0.3, -0.25) is 0 Å². The highest BCUT2D eigenvalue weighted by molar-refractivity contribution is 5.00. The molecular weight excluding hydrogens is 184 g/mol. The minimum Gasteiger partial charge on any atom is -0.324 e. The Morgan fingerprint density at radius 1 is 1.27 bits per heavy atom. The Morgan fingerprint density at radius 2 is 1.87 bits per heavy atom. The summed E-state index contributed by atoms with van der Waals surface area (Å²) >= 11 is 0. The van der Waals surface area contributed by atoms with Gasteiger partial charge in [0.05, 0.1) is 0 Å². The van der Waals surface area contributed by atoms with Crippen LogP contribution < -0.4 is 11.1 Å². The summed E-state index contributed by atoms with van der Waals surface area (Å²) in [5.41, 5.74) is 6.69. The number of hydrogen-bond acceptors (Lipinski definition) is 2. The van der Waals surface area contributed by atoms with Crippen LogP contribution in [-0.2, 0) is 0 Å². The molecule has 0 aliphatic heterocycles. The lowest BCUT2D eigenvalue weighted by Crippen LogP contribution is -2.42. The number of nitrogens with two attached hydrogens (primary N) is 1. The summed E-state index contributed by atoms with van der Waals surface area (Å²) in [4.78, 5) is 0. The second-order valence-electron chi connectivity index (χ2n) is 6.44. The van der Waals surface area contributed by atoms with Gasteiger partial charge in [-0.05, 0) is 37.0 Å². The molecule has 0 aromatic rings. The van der Waals surface area contributed by atoms with E-state index in [1.165, 1.54) is 38.5 Å². The summed E-state index contributed by atoms with van der Waals surface area (Å²) in [6.45, 7) is 6.97. The molecule has 2 fully saturated rings. The first kappa shape index (κ1) is 11.4. The largest absolute Gasteiger partial charge is 0.324 e. The molecule has 3 N–H and O–H groups in total. The summed E-state index contributed by atoms with van der Waals surface area (Å²) < 4.78 is 0. The molecule has 2 rings (SSSR count). The molecule has 0 radical (unpaired) electrons. The average molecular weight is 210 g/mol. The monoisotopic (exact) mass is 210 g/mol. The van der Waals surface area contributed by atoms with Gasteiger partial charge in [-0.1, -0.05) is 26.7 Å². The van der Waals surface area contributed by atoms with E-state index >= 15 is 0 Å². The minimum atomic E-state index is 0.158. The predicted molar refractivity (Wildman–Crippen MR) is 64.8 cm³/mol. The summed E-state index contributed by atoms with van der Waals surface area (Å²) in [6.07, 6.45) is 8.17. The van der Waals surface area contributed by atoms with Gasteiger partial charge >= 0.3 is 0 Å². The molecule has 2 heteroatoms. The van der Waals surface area contributed by atoms with Gasteiger partial charge in [-0.15, -0.1) is 0 Å². The number of hydrogen-bond donors (Lipinski definition) is 2. The van der Waals surface area contributed by atoms with Gasteiger partial charge in [0.1, 0.15) is 0 Å². The highest BCUT2D eigenvalue weighted by Gasteiger charge is 2.38. The molecule has 0 aromatic heterocycles. The maximum atomic E-state index is 6.07. The van der Waals surface area contributed by atoms with Gasteiger partial charge < -0.3 is 11.1 Å². The molecule has 0 amide bonds. The van der Waals surface area contributed by atoms with Crippen LogP contribution in [0.4, 0.5) is 0 Å². The van der Waals surface area contributed by atoms with Crippen molar-refractivity contribution in [2.75, 3.05) is 13.1 Å². The third-order valence-corrected chi connectivity index (χ3v) is 4.41. The number of nitrogens with one attached hydrogen (secondary N) is 1. The van der Waals surface area contributed by atoms with E-state index in [0.29, 0.717) is 5.41 Å². The molecule has 0 unspecified atom stereocenters. The van der Waals surface area contributed by atoms with Gasteiger partial charge in [-0.2, -0.15) is 0 Å². The highest BCUT2D eigenvalue weighted by Crippen LogP contribution is 2.39. The molecule has 88 valence electrons. The van der Waals surface area contributed by atoms with Gasteiger partial charge in [0.25, 0.3) is 0 Å². The van der Waals surface area contributed by atoms with Crippen molar-refractivity contribution < 1.29 is 0 Å². The van der Waals surface area contributed by atoms with Crippen molar-refractivity contribution in [3.8, 4) is 0 Å². The molecule has 2 aliphatic carbocycles. The highest BCUT2D eigenvalue weighted by atomic mass is 15.0. The molecule has 0 saturated heterocycles. The smallest absolute Gasteiger partial charge is 0.0282 e. The second-order valence-corrected chi connectivity index (χ2v) is 6.44. The van der Waals surface area contributed by atoms with Crippen LogP contribution in [0, 0.1) is 11.3 Å². The van der Waals surface area contributed by atoms with Crippen molar-refractivity contribution in [3.63, 3.8) is 0 Å². The van der Waals surface area contributed by atoms with E-state index in [9.17, 15) is 0 Å². The quantitative estimate of drug-likeness (QED) is 0.730. The Morgan fingerprint density at radius 3 is 2.40 bits per heavy atom. The Bertz CT molecular complexity index is 213. The normalized spacial score (nSPS) is 25.8. The summed E-state index contributed by atoms with van der Waals surface area (Å²) in [5.74, 6) is 0.929. The van der Waals surface area contributed by atoms with Gasteiger partial charge in [0, 0.05) is 18.6 Å². The fourth-order valence-corrected chi connectivity index (χ4v) is 2.82. The van der Waals surface area contributed by atoms with E-state index in [4.69, 9.17) is 5.73 Å². The van der Waals surface area contributed by atoms with E-state index < -0.39 is 0 Å². The average Bonchev–Trinajstić information content (AvgIpc) is 2.72. The molecule has 2 saturated carbocycles. The molecule has 0 atom stereocenters. The third-order valence-electron chi connectivity index (χ3n) is 4.41. The lowest BCUT2D eigenvalue weighted by Gasteiger charge is -2.32. The van der Waals surface area contributed by atoms with E-state index in [0.717, 1.165) is 19.0 Å². The molecule has 0 aromatic carbocycles. The third kappa shape index (κ3) is 2.94. The Hall–Kier alpha value is -0.0800. The Balaban J connectivity index is 1.71. The molecule has 2 nitrogen and oxygen atoms in total. The zero-order valence-corrected chi connectivity index (χ0v) is 10.3. The molecule has 0 bridgehead atoms. The van der Waals surface area contributed by atoms with E-state index in [2.05, 4.69) is 19.2 Å². The first-order valence-corrected chi connectivity index (χ1v) is 6.52. The maximum absolute atomic E-state index is 6.07. The van der Waals surface area contributed by atoms with E-state index in [1.807, 2.05) is 0 Å². The second kappa shape index (κ2) is 4.06. The topological polar surface area (TPSA) is 38.0 Å².